The van der Waals surface area contributed by atoms with Crippen LogP contribution < -0.4 is 0 Å². The van der Waals surface area contributed by atoms with Gasteiger partial charge in [-0.3, -0.25) is 0 Å². The van der Waals surface area contributed by atoms with Crippen molar-refractivity contribution in [3.05, 3.63) is 17.5 Å². The van der Waals surface area contributed by atoms with E-state index in [0.29, 0.717) is 0 Å². The smallest absolute Gasteiger partial charge is 0.133 e. The first-order valence-electron chi connectivity index (χ1n) is 5.82. The summed E-state index contributed by atoms with van der Waals surface area (Å²) in [6.07, 6.45) is 4.10. The van der Waals surface area contributed by atoms with Gasteiger partial charge in [-0.2, -0.15) is 0 Å². The van der Waals surface area contributed by atoms with E-state index in [1.807, 2.05) is 13.0 Å². The normalized spacial score (nSPS) is 10.9. The van der Waals surface area contributed by atoms with Crippen LogP contribution >= 0.6 is 0 Å². The van der Waals surface area contributed by atoms with Crippen LogP contribution in [0.1, 0.15) is 30.7 Å². The van der Waals surface area contributed by atoms with E-state index in [-0.39, 0.29) is 0 Å². The summed E-state index contributed by atoms with van der Waals surface area (Å²) < 4.78 is 15.4. The monoisotopic (exact) mass is 227 g/mol. The summed E-state index contributed by atoms with van der Waals surface area (Å²) in [5.74, 6) is 0.880. The second-order valence-electron chi connectivity index (χ2n) is 3.84. The molecule has 4 nitrogen and oxygen atoms in total. The van der Waals surface area contributed by atoms with Crippen LogP contribution in [0, 0.1) is 6.92 Å². The number of unbranched alkanes of at least 4 members (excludes halogenated alkanes) is 1. The van der Waals surface area contributed by atoms with Gasteiger partial charge < -0.3 is 14.0 Å². The molecule has 1 rings (SSSR count). The maximum absolute atomic E-state index is 5.46. The van der Waals surface area contributed by atoms with E-state index in [2.05, 4.69) is 5.16 Å². The molecule has 4 heteroatoms. The Bertz CT molecular complexity index is 273. The van der Waals surface area contributed by atoms with Crippen molar-refractivity contribution >= 4 is 0 Å². The van der Waals surface area contributed by atoms with Crippen molar-refractivity contribution in [2.24, 2.45) is 0 Å². The highest BCUT2D eigenvalue weighted by Crippen LogP contribution is 2.05. The summed E-state index contributed by atoms with van der Waals surface area (Å²) in [6, 6.07) is 1.99. The van der Waals surface area contributed by atoms with Gasteiger partial charge in [0.2, 0.25) is 0 Å². The van der Waals surface area contributed by atoms with Gasteiger partial charge in [-0.05, 0) is 32.6 Å². The number of methoxy groups -OCH3 is 1. The van der Waals surface area contributed by atoms with Crippen molar-refractivity contribution in [2.75, 3.05) is 26.9 Å². The number of aryl methyl sites for hydroxylation is 2. The van der Waals surface area contributed by atoms with E-state index in [0.717, 1.165) is 57.0 Å². The Hall–Kier alpha value is -0.870. The minimum absolute atomic E-state index is 0.776. The van der Waals surface area contributed by atoms with Crippen molar-refractivity contribution in [1.82, 2.24) is 5.16 Å². The van der Waals surface area contributed by atoms with Gasteiger partial charge in [-0.1, -0.05) is 5.16 Å². The zero-order valence-corrected chi connectivity index (χ0v) is 10.2. The summed E-state index contributed by atoms with van der Waals surface area (Å²) in [6.45, 7) is 4.30. The molecule has 0 amide bonds. The summed E-state index contributed by atoms with van der Waals surface area (Å²) in [5, 5.41) is 3.94. The van der Waals surface area contributed by atoms with Crippen molar-refractivity contribution in [3.8, 4) is 0 Å². The Morgan fingerprint density at radius 2 is 2.00 bits per heavy atom. The molecule has 0 aliphatic rings. The van der Waals surface area contributed by atoms with Crippen LogP contribution in [0.2, 0.25) is 0 Å². The topological polar surface area (TPSA) is 44.5 Å². The van der Waals surface area contributed by atoms with Gasteiger partial charge in [-0.15, -0.1) is 0 Å². The van der Waals surface area contributed by atoms with E-state index in [1.165, 1.54) is 0 Å². The molecule has 0 fully saturated rings. The molecule has 16 heavy (non-hydrogen) atoms. The highest BCUT2D eigenvalue weighted by Gasteiger charge is 1.99. The maximum atomic E-state index is 5.46. The van der Waals surface area contributed by atoms with E-state index < -0.39 is 0 Å². The summed E-state index contributed by atoms with van der Waals surface area (Å²) in [4.78, 5) is 0. The van der Waals surface area contributed by atoms with Crippen LogP contribution in [-0.4, -0.2) is 32.1 Å². The lowest BCUT2D eigenvalue weighted by Crippen LogP contribution is -2.00. The Morgan fingerprint density at radius 1 is 1.19 bits per heavy atom. The quantitative estimate of drug-likeness (QED) is 0.607. The van der Waals surface area contributed by atoms with Crippen LogP contribution in [0.3, 0.4) is 0 Å². The number of rotatable bonds is 9. The van der Waals surface area contributed by atoms with Crippen molar-refractivity contribution < 1.29 is 14.0 Å². The van der Waals surface area contributed by atoms with Gasteiger partial charge in [0.05, 0.1) is 5.69 Å². The first-order valence-corrected chi connectivity index (χ1v) is 5.82. The molecule has 92 valence electrons. The van der Waals surface area contributed by atoms with Gasteiger partial charge >= 0.3 is 0 Å². The largest absolute Gasteiger partial charge is 0.385 e. The number of aromatic nitrogens is 1. The molecule has 0 bridgehead atoms. The fourth-order valence-corrected chi connectivity index (χ4v) is 1.45. The Labute approximate surface area is 96.9 Å². The number of hydrogen-bond acceptors (Lipinski definition) is 4. The Balaban J connectivity index is 1.88. The first-order chi connectivity index (χ1) is 7.83. The Kier molecular flexibility index (Phi) is 6.85. The van der Waals surface area contributed by atoms with E-state index in [9.17, 15) is 0 Å². The number of ether oxygens (including phenoxy) is 2. The van der Waals surface area contributed by atoms with Crippen molar-refractivity contribution in [3.63, 3.8) is 0 Å². The molecular weight excluding hydrogens is 206 g/mol. The third kappa shape index (κ3) is 5.88. The average molecular weight is 227 g/mol. The second kappa shape index (κ2) is 8.30. The molecule has 0 aromatic carbocycles. The van der Waals surface area contributed by atoms with Crippen molar-refractivity contribution in [2.45, 2.75) is 32.6 Å². The third-order valence-electron chi connectivity index (χ3n) is 2.29. The molecular formula is C12H21NO3. The second-order valence-corrected chi connectivity index (χ2v) is 3.84. The molecule has 0 radical (unpaired) electrons. The van der Waals surface area contributed by atoms with Crippen LogP contribution in [0.15, 0.2) is 10.6 Å². The number of nitrogens with zero attached hydrogens (tertiary/aromatic N) is 1. The molecule has 0 saturated heterocycles. The van der Waals surface area contributed by atoms with E-state index >= 15 is 0 Å². The minimum atomic E-state index is 0.776. The van der Waals surface area contributed by atoms with Gasteiger partial charge in [0, 0.05) is 33.0 Å². The molecule has 1 heterocycles. The molecule has 0 aliphatic carbocycles. The van der Waals surface area contributed by atoms with Crippen LogP contribution in [0.25, 0.3) is 0 Å². The van der Waals surface area contributed by atoms with Crippen molar-refractivity contribution in [1.29, 1.82) is 0 Å². The summed E-state index contributed by atoms with van der Waals surface area (Å²) in [5.41, 5.74) is 1.04. The fraction of sp³-hybridized carbons (Fsp3) is 0.750. The molecule has 1 aromatic rings. The molecule has 1 aromatic heterocycles. The molecule has 0 atom stereocenters. The zero-order chi connectivity index (χ0) is 11.6. The lowest BCUT2D eigenvalue weighted by Gasteiger charge is -2.02. The lowest BCUT2D eigenvalue weighted by atomic mass is 10.2. The highest BCUT2D eigenvalue weighted by atomic mass is 16.5. The molecule has 0 N–H and O–H groups in total. The molecule has 0 saturated carbocycles. The van der Waals surface area contributed by atoms with Gasteiger partial charge in [0.1, 0.15) is 5.76 Å². The van der Waals surface area contributed by atoms with Crippen LogP contribution in [0.4, 0.5) is 0 Å². The minimum Gasteiger partial charge on any atom is -0.385 e. The van der Waals surface area contributed by atoms with Crippen LogP contribution in [0.5, 0.6) is 0 Å². The third-order valence-corrected chi connectivity index (χ3v) is 2.29. The SMILES string of the molecule is COCCCOCCCCc1cc(C)on1. The first kappa shape index (κ1) is 13.2. The molecule has 0 unspecified atom stereocenters. The lowest BCUT2D eigenvalue weighted by molar-refractivity contribution is 0.100. The predicted octanol–water partition coefficient (Wildman–Crippen LogP) is 2.36. The standard InChI is InChI=1S/C12H21NO3/c1-11-10-12(13-16-11)6-3-4-8-15-9-5-7-14-2/h10H,3-9H2,1-2H3. The van der Waals surface area contributed by atoms with Gasteiger partial charge in [0.15, 0.2) is 0 Å². The maximum Gasteiger partial charge on any atom is 0.133 e. The van der Waals surface area contributed by atoms with E-state index in [4.69, 9.17) is 14.0 Å². The highest BCUT2D eigenvalue weighted by molar-refractivity contribution is 5.03. The number of hydrogen-bond donors (Lipinski definition) is 0. The van der Waals surface area contributed by atoms with E-state index in [1.54, 1.807) is 7.11 Å². The summed E-state index contributed by atoms with van der Waals surface area (Å²) >= 11 is 0. The predicted molar refractivity (Wildman–Crippen MR) is 61.5 cm³/mol. The average Bonchev–Trinajstić information content (AvgIpc) is 2.68. The Morgan fingerprint density at radius 3 is 2.69 bits per heavy atom. The summed E-state index contributed by atoms with van der Waals surface area (Å²) in [7, 11) is 1.71. The van der Waals surface area contributed by atoms with Crippen LogP contribution in [-0.2, 0) is 15.9 Å². The van der Waals surface area contributed by atoms with Gasteiger partial charge in [0.25, 0.3) is 0 Å². The molecule has 0 spiro atoms. The fourth-order valence-electron chi connectivity index (χ4n) is 1.45. The zero-order valence-electron chi connectivity index (χ0n) is 10.2. The van der Waals surface area contributed by atoms with Gasteiger partial charge in [-0.25, -0.2) is 0 Å². The molecule has 0 aliphatic heterocycles.